The minimum atomic E-state index is -0.944. The van der Waals surface area contributed by atoms with E-state index in [1.54, 1.807) is 19.1 Å². The van der Waals surface area contributed by atoms with E-state index in [-0.39, 0.29) is 22.6 Å². The van der Waals surface area contributed by atoms with Crippen LogP contribution in [-0.2, 0) is 9.59 Å². The van der Waals surface area contributed by atoms with Crippen molar-refractivity contribution in [2.75, 3.05) is 5.75 Å². The Kier molecular flexibility index (Phi) is 5.34. The van der Waals surface area contributed by atoms with Gasteiger partial charge in [0.1, 0.15) is 5.82 Å². The van der Waals surface area contributed by atoms with E-state index < -0.39 is 11.9 Å². The maximum Gasteiger partial charge on any atom is 0.307 e. The van der Waals surface area contributed by atoms with Crippen molar-refractivity contribution in [3.8, 4) is 0 Å². The highest BCUT2D eigenvalue weighted by Gasteiger charge is 2.26. The number of carbonyl (C=O) groups is 2. The number of rotatable bonds is 5. The van der Waals surface area contributed by atoms with Crippen molar-refractivity contribution in [1.82, 2.24) is 0 Å². The molecule has 0 spiro atoms. The molecular formula is C13H15FO3S. The number of hydrogen-bond acceptors (Lipinski definition) is 3. The molecule has 1 aromatic carbocycles. The zero-order valence-corrected chi connectivity index (χ0v) is 11.0. The Morgan fingerprint density at radius 1 is 1.33 bits per heavy atom. The van der Waals surface area contributed by atoms with Gasteiger partial charge in [0.05, 0.1) is 5.92 Å². The normalized spacial score (nSPS) is 13.9. The van der Waals surface area contributed by atoms with Crippen LogP contribution in [0.15, 0.2) is 24.3 Å². The van der Waals surface area contributed by atoms with Crippen LogP contribution in [0.4, 0.5) is 4.39 Å². The average Bonchev–Trinajstić information content (AvgIpc) is 2.29. The zero-order valence-electron chi connectivity index (χ0n) is 10.2. The van der Waals surface area contributed by atoms with Gasteiger partial charge in [0, 0.05) is 12.7 Å². The fourth-order valence-electron chi connectivity index (χ4n) is 1.64. The van der Waals surface area contributed by atoms with Gasteiger partial charge in [0.25, 0.3) is 0 Å². The molecule has 98 valence electrons. The van der Waals surface area contributed by atoms with E-state index in [1.165, 1.54) is 19.1 Å². The van der Waals surface area contributed by atoms with Gasteiger partial charge in [-0.1, -0.05) is 30.8 Å². The lowest BCUT2D eigenvalue weighted by Crippen LogP contribution is -2.23. The molecule has 3 nitrogen and oxygen atoms in total. The summed E-state index contributed by atoms with van der Waals surface area (Å²) in [5.74, 6) is -2.00. The fourth-order valence-corrected chi connectivity index (χ4v) is 2.48. The van der Waals surface area contributed by atoms with Gasteiger partial charge in [-0.3, -0.25) is 9.59 Å². The van der Waals surface area contributed by atoms with Gasteiger partial charge in [-0.05, 0) is 23.6 Å². The first kappa shape index (κ1) is 14.7. The van der Waals surface area contributed by atoms with Gasteiger partial charge in [-0.15, -0.1) is 0 Å². The summed E-state index contributed by atoms with van der Waals surface area (Å²) in [7, 11) is 0. The summed E-state index contributed by atoms with van der Waals surface area (Å²) in [5.41, 5.74) is 0.757. The molecule has 0 amide bonds. The topological polar surface area (TPSA) is 54.4 Å². The van der Waals surface area contributed by atoms with E-state index in [9.17, 15) is 19.1 Å². The molecule has 1 aromatic rings. The third kappa shape index (κ3) is 4.14. The molecule has 0 heterocycles. The van der Waals surface area contributed by atoms with Crippen molar-refractivity contribution >= 4 is 22.8 Å². The van der Waals surface area contributed by atoms with Crippen molar-refractivity contribution in [3.05, 3.63) is 35.6 Å². The Morgan fingerprint density at radius 3 is 2.33 bits per heavy atom. The number of benzene rings is 1. The summed E-state index contributed by atoms with van der Waals surface area (Å²) < 4.78 is 12.8. The Labute approximate surface area is 109 Å². The molecule has 0 fully saturated rings. The highest BCUT2D eigenvalue weighted by atomic mass is 32.2. The van der Waals surface area contributed by atoms with E-state index in [2.05, 4.69) is 0 Å². The lowest BCUT2D eigenvalue weighted by molar-refractivity contribution is -0.141. The van der Waals surface area contributed by atoms with Crippen molar-refractivity contribution in [3.63, 3.8) is 0 Å². The number of carboxylic acid groups (broad SMARTS) is 1. The molecular weight excluding hydrogens is 255 g/mol. The molecule has 18 heavy (non-hydrogen) atoms. The van der Waals surface area contributed by atoms with Gasteiger partial charge in [0.15, 0.2) is 5.12 Å². The molecule has 0 aliphatic rings. The van der Waals surface area contributed by atoms with Gasteiger partial charge >= 0.3 is 5.97 Å². The molecule has 2 atom stereocenters. The van der Waals surface area contributed by atoms with Crippen molar-refractivity contribution in [1.29, 1.82) is 0 Å². The van der Waals surface area contributed by atoms with Crippen molar-refractivity contribution in [2.24, 2.45) is 5.92 Å². The quantitative estimate of drug-likeness (QED) is 0.893. The first-order valence-electron chi connectivity index (χ1n) is 5.53. The Bertz CT molecular complexity index is 430. The van der Waals surface area contributed by atoms with Crippen LogP contribution in [0.2, 0.25) is 0 Å². The lowest BCUT2D eigenvalue weighted by Gasteiger charge is -2.19. The maximum atomic E-state index is 12.8. The molecule has 0 bridgehead atoms. The van der Waals surface area contributed by atoms with Crippen molar-refractivity contribution in [2.45, 2.75) is 19.8 Å². The molecule has 0 radical (unpaired) electrons. The van der Waals surface area contributed by atoms with E-state index >= 15 is 0 Å². The number of aliphatic carboxylic acids is 1. The summed E-state index contributed by atoms with van der Waals surface area (Å²) in [4.78, 5) is 22.1. The van der Waals surface area contributed by atoms with Crippen molar-refractivity contribution < 1.29 is 19.1 Å². The number of halogens is 1. The predicted molar refractivity (Wildman–Crippen MR) is 69.1 cm³/mol. The zero-order chi connectivity index (χ0) is 13.7. The van der Waals surface area contributed by atoms with E-state index in [4.69, 9.17) is 0 Å². The maximum absolute atomic E-state index is 12.8. The van der Waals surface area contributed by atoms with Gasteiger partial charge in [-0.2, -0.15) is 0 Å². The third-order valence-corrected chi connectivity index (χ3v) is 3.72. The summed E-state index contributed by atoms with van der Waals surface area (Å²) >= 11 is 1.00. The van der Waals surface area contributed by atoms with E-state index in [0.717, 1.165) is 17.3 Å². The standard InChI is InChI=1S/C13H15FO3S/c1-8(10-3-5-11(14)6-4-10)12(13(16)17)7-18-9(2)15/h3-6,8,12H,7H2,1-2H3,(H,16,17)/t8-,12+/m0/s1. The van der Waals surface area contributed by atoms with Crippen LogP contribution < -0.4 is 0 Å². The largest absolute Gasteiger partial charge is 0.481 e. The number of thioether (sulfide) groups is 1. The van der Waals surface area contributed by atoms with Crippen LogP contribution >= 0.6 is 11.8 Å². The molecule has 5 heteroatoms. The summed E-state index contributed by atoms with van der Waals surface area (Å²) in [6.45, 7) is 3.18. The minimum Gasteiger partial charge on any atom is -0.481 e. The Morgan fingerprint density at radius 2 is 1.89 bits per heavy atom. The fraction of sp³-hybridized carbons (Fsp3) is 0.385. The van der Waals surface area contributed by atoms with Crippen LogP contribution in [0.1, 0.15) is 25.3 Å². The Hall–Kier alpha value is -1.36. The van der Waals surface area contributed by atoms with Crippen LogP contribution in [0.25, 0.3) is 0 Å². The minimum absolute atomic E-state index is 0.104. The van der Waals surface area contributed by atoms with Crippen LogP contribution in [0.3, 0.4) is 0 Å². The lowest BCUT2D eigenvalue weighted by atomic mass is 9.89. The molecule has 0 aromatic heterocycles. The van der Waals surface area contributed by atoms with Crippen LogP contribution in [0, 0.1) is 11.7 Å². The average molecular weight is 270 g/mol. The van der Waals surface area contributed by atoms with Gasteiger partial charge in [-0.25, -0.2) is 4.39 Å². The highest BCUT2D eigenvalue weighted by molar-refractivity contribution is 8.13. The second-order valence-corrected chi connectivity index (χ2v) is 5.28. The molecule has 1 rings (SSSR count). The number of hydrogen-bond donors (Lipinski definition) is 1. The molecule has 0 saturated carbocycles. The highest BCUT2D eigenvalue weighted by Crippen LogP contribution is 2.27. The van der Waals surface area contributed by atoms with Gasteiger partial charge in [0.2, 0.25) is 0 Å². The van der Waals surface area contributed by atoms with Crippen LogP contribution in [-0.4, -0.2) is 21.9 Å². The second kappa shape index (κ2) is 6.54. The summed E-state index contributed by atoms with van der Waals surface area (Å²) in [5, 5.41) is 9.07. The van der Waals surface area contributed by atoms with E-state index in [0.29, 0.717) is 0 Å². The number of carbonyl (C=O) groups excluding carboxylic acids is 1. The monoisotopic (exact) mass is 270 g/mol. The van der Waals surface area contributed by atoms with Crippen LogP contribution in [0.5, 0.6) is 0 Å². The smallest absolute Gasteiger partial charge is 0.307 e. The molecule has 1 N–H and O–H groups in total. The molecule has 0 aliphatic carbocycles. The first-order valence-corrected chi connectivity index (χ1v) is 6.52. The van der Waals surface area contributed by atoms with E-state index in [1.807, 2.05) is 0 Å². The molecule has 0 saturated heterocycles. The molecule has 0 aliphatic heterocycles. The third-order valence-electron chi connectivity index (χ3n) is 2.78. The predicted octanol–water partition coefficient (Wildman–Crippen LogP) is 2.91. The number of carboxylic acids is 1. The summed E-state index contributed by atoms with van der Waals surface area (Å²) in [6.07, 6.45) is 0. The van der Waals surface area contributed by atoms with Gasteiger partial charge < -0.3 is 5.11 Å². The summed E-state index contributed by atoms with van der Waals surface area (Å²) in [6, 6.07) is 5.77. The molecule has 0 unspecified atom stereocenters. The second-order valence-electron chi connectivity index (χ2n) is 4.09. The SMILES string of the molecule is CC(=O)SC[C@@H](C(=O)O)[C@@H](C)c1ccc(F)cc1. The first-order chi connectivity index (χ1) is 8.41. The Balaban J connectivity index is 2.81.